The number of esters is 2. The van der Waals surface area contributed by atoms with E-state index >= 15 is 0 Å². The summed E-state index contributed by atoms with van der Waals surface area (Å²) in [6, 6.07) is 0. The van der Waals surface area contributed by atoms with Gasteiger partial charge in [0.25, 0.3) is 0 Å². The molecule has 0 spiro atoms. The molecule has 0 aromatic rings. The molecule has 0 aromatic heterocycles. The second kappa shape index (κ2) is 16.2. The quantitative estimate of drug-likeness (QED) is 0.295. The van der Waals surface area contributed by atoms with Crippen molar-refractivity contribution in [1.82, 2.24) is 0 Å². The Kier molecular flexibility index (Phi) is 18.6. The fourth-order valence-corrected chi connectivity index (χ4v) is 0.653. The maximum atomic E-state index is 10.3. The number of carbonyl (C=O) groups excluding carboxylic acids is 4. The van der Waals surface area contributed by atoms with Crippen LogP contribution in [0.15, 0.2) is 24.3 Å². The van der Waals surface area contributed by atoms with Gasteiger partial charge in [-0.3, -0.25) is 0 Å². The molecule has 0 radical (unpaired) electrons. The standard InChI is InChI=1S/2C6H8O4.Mg/c2*1-2-10-6(9)4-3-5(7)8;/h2*3-4H,2H2,1H3,(H,7,8);/q;;+2/p-2/b2*4-3-;. The van der Waals surface area contributed by atoms with E-state index in [0.29, 0.717) is 12.2 Å². The summed E-state index contributed by atoms with van der Waals surface area (Å²) < 4.78 is 8.75. The predicted octanol–water partition coefficient (Wildman–Crippen LogP) is -2.67. The Morgan fingerprint density at radius 3 is 1.24 bits per heavy atom. The van der Waals surface area contributed by atoms with Crippen LogP contribution in [0.2, 0.25) is 0 Å². The van der Waals surface area contributed by atoms with Gasteiger partial charge < -0.3 is 29.3 Å². The van der Waals surface area contributed by atoms with Gasteiger partial charge in [0.1, 0.15) is 0 Å². The summed E-state index contributed by atoms with van der Waals surface area (Å²) in [5.74, 6) is -4.17. The van der Waals surface area contributed by atoms with E-state index in [1.807, 2.05) is 0 Å². The van der Waals surface area contributed by atoms with Gasteiger partial charge in [0.2, 0.25) is 0 Å². The first-order valence-electron chi connectivity index (χ1n) is 5.45. The first-order chi connectivity index (χ1) is 9.33. The zero-order valence-electron chi connectivity index (χ0n) is 11.7. The summed E-state index contributed by atoms with van der Waals surface area (Å²) in [6.45, 7) is 3.72. The maximum absolute atomic E-state index is 10.3. The Bertz CT molecular complexity index is 362. The Morgan fingerprint density at radius 1 is 0.762 bits per heavy atom. The zero-order chi connectivity index (χ0) is 16.0. The minimum atomic E-state index is -1.41. The van der Waals surface area contributed by atoms with Gasteiger partial charge in [0, 0.05) is 12.2 Å². The third-order valence-electron chi connectivity index (χ3n) is 1.28. The first-order valence-corrected chi connectivity index (χ1v) is 5.45. The fraction of sp³-hybridized carbons (Fsp3) is 0.333. The van der Waals surface area contributed by atoms with Gasteiger partial charge in [-0.1, -0.05) is 0 Å². The third kappa shape index (κ3) is 23.6. The van der Waals surface area contributed by atoms with Gasteiger partial charge in [0.05, 0.1) is 25.2 Å². The molecule has 0 fully saturated rings. The van der Waals surface area contributed by atoms with E-state index in [-0.39, 0.29) is 36.3 Å². The number of aliphatic carboxylic acids is 2. The van der Waals surface area contributed by atoms with Gasteiger partial charge in [-0.05, 0) is 26.0 Å². The van der Waals surface area contributed by atoms with Crippen LogP contribution in [0.1, 0.15) is 13.8 Å². The molecule has 112 valence electrons. The van der Waals surface area contributed by atoms with Crippen molar-refractivity contribution in [2.45, 2.75) is 13.8 Å². The largest absolute Gasteiger partial charge is 2.00 e. The van der Waals surface area contributed by atoms with Crippen molar-refractivity contribution in [2.24, 2.45) is 0 Å². The van der Waals surface area contributed by atoms with E-state index in [1.54, 1.807) is 13.8 Å². The van der Waals surface area contributed by atoms with E-state index in [1.165, 1.54) is 0 Å². The Hall–Kier alpha value is -1.87. The van der Waals surface area contributed by atoms with Gasteiger partial charge in [0.15, 0.2) is 0 Å². The molecule has 8 nitrogen and oxygen atoms in total. The molecule has 0 atom stereocenters. The van der Waals surface area contributed by atoms with E-state index < -0.39 is 23.9 Å². The van der Waals surface area contributed by atoms with Crippen LogP contribution in [0.4, 0.5) is 0 Å². The molecule has 0 unspecified atom stereocenters. The number of rotatable bonds is 6. The number of carbonyl (C=O) groups is 4. The molecule has 0 N–H and O–H groups in total. The number of hydrogen-bond donors (Lipinski definition) is 0. The number of carboxylic acid groups (broad SMARTS) is 2. The summed E-state index contributed by atoms with van der Waals surface area (Å²) in [5, 5.41) is 19.4. The van der Waals surface area contributed by atoms with Gasteiger partial charge in [-0.15, -0.1) is 0 Å². The Balaban J connectivity index is -0.000000295. The predicted molar refractivity (Wildman–Crippen MR) is 67.3 cm³/mol. The van der Waals surface area contributed by atoms with E-state index in [4.69, 9.17) is 0 Å². The molecule has 0 aliphatic heterocycles. The summed E-state index contributed by atoms with van der Waals surface area (Å²) in [6.07, 6.45) is 2.85. The van der Waals surface area contributed by atoms with Crippen molar-refractivity contribution in [3.05, 3.63) is 24.3 Å². The smallest absolute Gasteiger partial charge is 0.545 e. The molecule has 9 heteroatoms. The van der Waals surface area contributed by atoms with Crippen molar-refractivity contribution in [2.75, 3.05) is 13.2 Å². The van der Waals surface area contributed by atoms with Gasteiger partial charge in [-0.25, -0.2) is 9.59 Å². The van der Waals surface area contributed by atoms with Gasteiger partial charge >= 0.3 is 35.0 Å². The molecule has 0 saturated heterocycles. The number of ether oxygens (including phenoxy) is 2. The van der Waals surface area contributed by atoms with Crippen molar-refractivity contribution >= 4 is 46.9 Å². The summed E-state index contributed by atoms with van der Waals surface area (Å²) >= 11 is 0. The molecular formula is C12H14MgO8. The normalized spacial score (nSPS) is 9.24. The van der Waals surface area contributed by atoms with Crippen molar-refractivity contribution in [3.8, 4) is 0 Å². The van der Waals surface area contributed by atoms with Crippen LogP contribution >= 0.6 is 0 Å². The molecular weight excluding hydrogens is 296 g/mol. The Labute approximate surface area is 137 Å². The van der Waals surface area contributed by atoms with Crippen LogP contribution in [0.3, 0.4) is 0 Å². The van der Waals surface area contributed by atoms with E-state index in [9.17, 15) is 29.4 Å². The summed E-state index contributed by atoms with van der Waals surface area (Å²) in [7, 11) is 0. The zero-order valence-corrected chi connectivity index (χ0v) is 13.1. The van der Waals surface area contributed by atoms with E-state index in [0.717, 1.165) is 12.2 Å². The summed E-state index contributed by atoms with van der Waals surface area (Å²) in [5.41, 5.74) is 0. The molecule has 0 aliphatic rings. The average molecular weight is 311 g/mol. The Morgan fingerprint density at radius 2 is 1.05 bits per heavy atom. The van der Waals surface area contributed by atoms with Crippen molar-refractivity contribution in [1.29, 1.82) is 0 Å². The van der Waals surface area contributed by atoms with Gasteiger partial charge in [-0.2, -0.15) is 0 Å². The van der Waals surface area contributed by atoms with Crippen LogP contribution in [0, 0.1) is 0 Å². The molecule has 0 aromatic carbocycles. The van der Waals surface area contributed by atoms with Crippen molar-refractivity contribution < 1.29 is 38.9 Å². The third-order valence-corrected chi connectivity index (χ3v) is 1.28. The minimum absolute atomic E-state index is 0. The van der Waals surface area contributed by atoms with Crippen LogP contribution in [-0.4, -0.2) is 60.1 Å². The molecule has 0 rings (SSSR count). The minimum Gasteiger partial charge on any atom is -0.545 e. The number of hydrogen-bond acceptors (Lipinski definition) is 8. The maximum Gasteiger partial charge on any atom is 2.00 e. The average Bonchev–Trinajstić information content (AvgIpc) is 2.35. The van der Waals surface area contributed by atoms with Crippen LogP contribution < -0.4 is 10.2 Å². The molecule has 21 heavy (non-hydrogen) atoms. The molecule has 0 heterocycles. The second-order valence-corrected chi connectivity index (χ2v) is 2.81. The molecule has 0 saturated carbocycles. The summed E-state index contributed by atoms with van der Waals surface area (Å²) in [4.78, 5) is 40.1. The molecule has 0 amide bonds. The SMILES string of the molecule is CCOC(=O)/C=C\C(=O)[O-].CCOC(=O)/C=C\C(=O)[O-].[Mg+2]. The molecule has 0 bridgehead atoms. The monoisotopic (exact) mass is 310 g/mol. The van der Waals surface area contributed by atoms with Crippen LogP contribution in [0.5, 0.6) is 0 Å². The topological polar surface area (TPSA) is 133 Å². The van der Waals surface area contributed by atoms with E-state index in [2.05, 4.69) is 9.47 Å². The molecule has 0 aliphatic carbocycles. The number of carboxylic acids is 2. The first kappa shape index (κ1) is 24.2. The van der Waals surface area contributed by atoms with Crippen LogP contribution in [-0.2, 0) is 28.7 Å². The van der Waals surface area contributed by atoms with Crippen LogP contribution in [0.25, 0.3) is 0 Å². The van der Waals surface area contributed by atoms with Crippen molar-refractivity contribution in [3.63, 3.8) is 0 Å². The fourth-order valence-electron chi connectivity index (χ4n) is 0.653. The second-order valence-electron chi connectivity index (χ2n) is 2.81.